The predicted molar refractivity (Wildman–Crippen MR) is 129 cm³/mol. The molecule has 0 bridgehead atoms. The fourth-order valence-corrected chi connectivity index (χ4v) is 6.02. The molecular weight excluding hydrogens is 412 g/mol. The van der Waals surface area contributed by atoms with Gasteiger partial charge in [-0.2, -0.15) is 0 Å². The Labute approximate surface area is 193 Å². The molecule has 3 aliphatic heterocycles. The zero-order chi connectivity index (χ0) is 22.7. The van der Waals surface area contributed by atoms with Crippen LogP contribution in [0.2, 0.25) is 0 Å². The Kier molecular flexibility index (Phi) is 4.41. The Hall–Kier alpha value is -3.54. The van der Waals surface area contributed by atoms with Crippen LogP contribution in [0.25, 0.3) is 10.9 Å². The van der Waals surface area contributed by atoms with Gasteiger partial charge in [-0.3, -0.25) is 9.59 Å². The van der Waals surface area contributed by atoms with Gasteiger partial charge in [-0.15, -0.1) is 0 Å². The Morgan fingerprint density at radius 1 is 1.09 bits per heavy atom. The highest BCUT2D eigenvalue weighted by Crippen LogP contribution is 2.54. The smallest absolute Gasteiger partial charge is 0.247 e. The number of aromatic amines is 1. The first kappa shape index (κ1) is 20.1. The molecule has 0 radical (unpaired) electrons. The highest BCUT2D eigenvalue weighted by atomic mass is 16.2. The summed E-state index contributed by atoms with van der Waals surface area (Å²) >= 11 is 0. The van der Waals surface area contributed by atoms with Crippen molar-refractivity contribution in [1.82, 2.24) is 15.2 Å². The highest BCUT2D eigenvalue weighted by molar-refractivity contribution is 5.99. The molecule has 3 aliphatic rings. The molecule has 2 saturated heterocycles. The molecule has 6 nitrogen and oxygen atoms in total. The number of fused-ring (bicyclic) bond motifs is 6. The third-order valence-electron chi connectivity index (χ3n) is 7.60. The van der Waals surface area contributed by atoms with Crippen LogP contribution in [0.4, 0.5) is 5.69 Å². The van der Waals surface area contributed by atoms with Crippen molar-refractivity contribution in [3.8, 4) is 0 Å². The molecule has 168 valence electrons. The topological polar surface area (TPSA) is 77.2 Å². The van der Waals surface area contributed by atoms with Crippen LogP contribution >= 0.6 is 0 Å². The van der Waals surface area contributed by atoms with Crippen LogP contribution in [0.1, 0.15) is 37.8 Å². The average Bonchev–Trinajstić information content (AvgIpc) is 3.45. The number of nitrogens with one attached hydrogen (secondary N) is 3. The molecule has 4 heterocycles. The second-order valence-electron chi connectivity index (χ2n) is 9.82. The molecule has 6 heteroatoms. The lowest BCUT2D eigenvalue weighted by Gasteiger charge is -2.38. The number of piperazine rings is 1. The van der Waals surface area contributed by atoms with Gasteiger partial charge in [0.1, 0.15) is 18.2 Å². The highest BCUT2D eigenvalue weighted by Gasteiger charge is 2.62. The number of para-hydroxylation sites is 2. The molecule has 2 aromatic carbocycles. The zero-order valence-corrected chi connectivity index (χ0v) is 18.9. The normalized spacial score (nSPS) is 27.6. The number of carbonyl (C=O) groups is 2. The van der Waals surface area contributed by atoms with Crippen molar-refractivity contribution in [2.75, 3.05) is 5.32 Å². The Bertz CT molecular complexity index is 1300. The molecule has 3 aromatic rings. The van der Waals surface area contributed by atoms with Crippen LogP contribution < -0.4 is 10.6 Å². The first-order valence-electron chi connectivity index (χ1n) is 11.6. The number of nitrogens with zero attached hydrogens (tertiary/aromatic N) is 1. The van der Waals surface area contributed by atoms with Crippen molar-refractivity contribution in [3.05, 3.63) is 77.5 Å². The summed E-state index contributed by atoms with van der Waals surface area (Å²) in [6.45, 7) is 4.19. The van der Waals surface area contributed by atoms with Gasteiger partial charge in [-0.25, -0.2) is 0 Å². The Balaban J connectivity index is 1.36. The molecule has 2 fully saturated rings. The van der Waals surface area contributed by atoms with Gasteiger partial charge in [-0.05, 0) is 49.9 Å². The number of carbonyl (C=O) groups excluding carboxylic acids is 2. The molecule has 0 spiro atoms. The lowest BCUT2D eigenvalue weighted by Crippen LogP contribution is -2.64. The number of hydrogen-bond donors (Lipinski definition) is 3. The van der Waals surface area contributed by atoms with Gasteiger partial charge < -0.3 is 20.5 Å². The lowest BCUT2D eigenvalue weighted by atomic mass is 9.75. The Morgan fingerprint density at radius 3 is 2.73 bits per heavy atom. The van der Waals surface area contributed by atoms with Crippen molar-refractivity contribution in [2.24, 2.45) is 0 Å². The van der Waals surface area contributed by atoms with E-state index in [4.69, 9.17) is 0 Å². The van der Waals surface area contributed by atoms with E-state index in [0.29, 0.717) is 12.8 Å². The summed E-state index contributed by atoms with van der Waals surface area (Å²) in [5.41, 5.74) is 5.28. The van der Waals surface area contributed by atoms with Crippen molar-refractivity contribution >= 4 is 28.4 Å². The summed E-state index contributed by atoms with van der Waals surface area (Å²) in [5, 5.41) is 7.75. The molecule has 4 atom stereocenters. The summed E-state index contributed by atoms with van der Waals surface area (Å²) in [5.74, 6) is -0.0565. The van der Waals surface area contributed by atoms with Crippen LogP contribution in [0.15, 0.2) is 66.4 Å². The number of anilines is 1. The molecule has 0 aliphatic carbocycles. The number of hydrogen-bond acceptors (Lipinski definition) is 3. The first-order valence-corrected chi connectivity index (χ1v) is 11.6. The quantitative estimate of drug-likeness (QED) is 0.539. The van der Waals surface area contributed by atoms with Crippen LogP contribution in [0, 0.1) is 0 Å². The van der Waals surface area contributed by atoms with E-state index in [2.05, 4.69) is 53.7 Å². The van der Waals surface area contributed by atoms with Gasteiger partial charge in [0.15, 0.2) is 0 Å². The summed E-state index contributed by atoms with van der Waals surface area (Å²) in [6.07, 6.45) is 5.86. The molecule has 6 rings (SSSR count). The van der Waals surface area contributed by atoms with E-state index < -0.39 is 12.1 Å². The van der Waals surface area contributed by atoms with Crippen LogP contribution in [0.5, 0.6) is 0 Å². The van der Waals surface area contributed by atoms with Gasteiger partial charge in [0.05, 0.1) is 0 Å². The minimum Gasteiger partial charge on any atom is -0.364 e. The van der Waals surface area contributed by atoms with E-state index in [9.17, 15) is 9.59 Å². The van der Waals surface area contributed by atoms with Crippen LogP contribution in [-0.4, -0.2) is 39.9 Å². The number of allylic oxidation sites excluding steroid dienone is 2. The van der Waals surface area contributed by atoms with Crippen molar-refractivity contribution in [3.63, 3.8) is 0 Å². The fraction of sp³-hybridized carbons (Fsp3) is 0.333. The van der Waals surface area contributed by atoms with E-state index in [1.807, 2.05) is 41.4 Å². The molecule has 1 aromatic heterocycles. The standard InChI is InChI=1S/C27H28N4O2/c1-16(2)11-12-27-14-23-24(32)29-22(13-17-15-28-20-9-5-3-7-18(17)20)25(33)31(23)26(27)30-21-10-6-4-8-19(21)27/h3-11,15,22-23,26,28,30H,12-14H2,1-2H3,(H,29,32)/t22-,23-,26-,27-/m0/s1. The summed E-state index contributed by atoms with van der Waals surface area (Å²) in [4.78, 5) is 32.2. The van der Waals surface area contributed by atoms with Crippen molar-refractivity contribution in [1.29, 1.82) is 0 Å². The third-order valence-corrected chi connectivity index (χ3v) is 7.60. The fourth-order valence-electron chi connectivity index (χ4n) is 6.02. The van der Waals surface area contributed by atoms with Gasteiger partial charge in [0.25, 0.3) is 0 Å². The summed E-state index contributed by atoms with van der Waals surface area (Å²) in [6, 6.07) is 15.3. The number of benzene rings is 2. The summed E-state index contributed by atoms with van der Waals surface area (Å²) < 4.78 is 0. The minimum absolute atomic E-state index is 0.00531. The first-order chi connectivity index (χ1) is 16.0. The number of amides is 2. The van der Waals surface area contributed by atoms with Gasteiger partial charge in [0.2, 0.25) is 11.8 Å². The maximum Gasteiger partial charge on any atom is 0.247 e. The van der Waals surface area contributed by atoms with Gasteiger partial charge >= 0.3 is 0 Å². The van der Waals surface area contributed by atoms with Crippen LogP contribution in [0.3, 0.4) is 0 Å². The molecular formula is C27H28N4O2. The van der Waals surface area contributed by atoms with E-state index in [1.54, 1.807) is 0 Å². The van der Waals surface area contributed by atoms with Gasteiger partial charge in [0, 0.05) is 34.6 Å². The minimum atomic E-state index is -0.572. The number of H-pyrrole nitrogens is 1. The molecule has 3 N–H and O–H groups in total. The van der Waals surface area contributed by atoms with E-state index in [-0.39, 0.29) is 23.4 Å². The van der Waals surface area contributed by atoms with Crippen molar-refractivity contribution < 1.29 is 9.59 Å². The number of aromatic nitrogens is 1. The van der Waals surface area contributed by atoms with E-state index >= 15 is 0 Å². The second-order valence-corrected chi connectivity index (χ2v) is 9.82. The second kappa shape index (κ2) is 7.24. The van der Waals surface area contributed by atoms with E-state index in [1.165, 1.54) is 11.1 Å². The molecule has 0 saturated carbocycles. The molecule has 2 amide bonds. The number of rotatable bonds is 4. The van der Waals surface area contributed by atoms with E-state index in [0.717, 1.165) is 28.6 Å². The van der Waals surface area contributed by atoms with Crippen molar-refractivity contribution in [2.45, 2.75) is 56.8 Å². The summed E-state index contributed by atoms with van der Waals surface area (Å²) in [7, 11) is 0. The third kappa shape index (κ3) is 2.93. The largest absolute Gasteiger partial charge is 0.364 e. The van der Waals surface area contributed by atoms with Gasteiger partial charge in [-0.1, -0.05) is 48.0 Å². The SMILES string of the molecule is CC(C)=CC[C@@]12C[C@H]3C(=O)N[C@@H](Cc4c[nH]c5ccccc45)C(=O)N3[C@@H]1Nc1ccccc12. The van der Waals surface area contributed by atoms with Crippen LogP contribution in [-0.2, 0) is 21.4 Å². The predicted octanol–water partition coefficient (Wildman–Crippen LogP) is 3.86. The zero-order valence-electron chi connectivity index (χ0n) is 18.9. The molecule has 0 unspecified atom stereocenters. The monoisotopic (exact) mass is 440 g/mol. The lowest BCUT2D eigenvalue weighted by molar-refractivity contribution is -0.148. The maximum absolute atomic E-state index is 13.8. The Morgan fingerprint density at radius 2 is 1.88 bits per heavy atom. The maximum atomic E-state index is 13.8. The average molecular weight is 441 g/mol. The molecule has 33 heavy (non-hydrogen) atoms.